The second-order valence-electron chi connectivity index (χ2n) is 2.86. The highest BCUT2D eigenvalue weighted by Gasteiger charge is 2.06. The molecule has 0 spiro atoms. The lowest BCUT2D eigenvalue weighted by molar-refractivity contribution is 0.0505. The number of hydrogen-bond acceptors (Lipinski definition) is 4. The Balaban J connectivity index is 2.66. The molecule has 0 atom stereocenters. The van der Waals surface area contributed by atoms with E-state index in [1.807, 2.05) is 6.92 Å². The number of hydrogen-bond donors (Lipinski definition) is 0. The fourth-order valence-electron chi connectivity index (χ4n) is 0.929. The van der Waals surface area contributed by atoms with Gasteiger partial charge in [0.05, 0.1) is 12.8 Å². The van der Waals surface area contributed by atoms with Crippen molar-refractivity contribution in [3.8, 4) is 11.5 Å². The van der Waals surface area contributed by atoms with E-state index in [2.05, 4.69) is 4.98 Å². The highest BCUT2D eigenvalue weighted by molar-refractivity contribution is 5.29. The lowest BCUT2D eigenvalue weighted by atomic mass is 10.4. The van der Waals surface area contributed by atoms with Crippen LogP contribution < -0.4 is 9.47 Å². The van der Waals surface area contributed by atoms with Crippen molar-refractivity contribution < 1.29 is 18.6 Å². The molecule has 5 heteroatoms. The van der Waals surface area contributed by atoms with Crippen molar-refractivity contribution in [3.05, 3.63) is 18.2 Å². The van der Waals surface area contributed by atoms with E-state index < -0.39 is 5.95 Å². The monoisotopic (exact) mass is 215 g/mol. The van der Waals surface area contributed by atoms with Crippen LogP contribution in [0.2, 0.25) is 0 Å². The van der Waals surface area contributed by atoms with E-state index in [9.17, 15) is 4.39 Å². The Kier molecular flexibility index (Phi) is 4.83. The number of halogens is 1. The molecule has 1 aromatic rings. The Hall–Kier alpha value is -1.36. The highest BCUT2D eigenvalue weighted by atomic mass is 19.1. The maximum absolute atomic E-state index is 13.1. The van der Waals surface area contributed by atoms with Crippen LogP contribution in [0.15, 0.2) is 12.3 Å². The third-order valence-electron chi connectivity index (χ3n) is 1.59. The van der Waals surface area contributed by atoms with Gasteiger partial charge in [-0.05, 0) is 6.42 Å². The molecular formula is C10H14FNO3. The van der Waals surface area contributed by atoms with Crippen molar-refractivity contribution in [2.45, 2.75) is 13.3 Å². The van der Waals surface area contributed by atoms with E-state index in [0.717, 1.165) is 6.42 Å². The van der Waals surface area contributed by atoms with Gasteiger partial charge in [0.15, 0.2) is 12.5 Å². The minimum atomic E-state index is -0.631. The smallest absolute Gasteiger partial charge is 0.255 e. The molecule has 0 unspecified atom stereocenters. The molecule has 0 fully saturated rings. The second-order valence-corrected chi connectivity index (χ2v) is 2.86. The van der Waals surface area contributed by atoms with Gasteiger partial charge in [-0.25, -0.2) is 4.98 Å². The number of nitrogens with zero attached hydrogens (tertiary/aromatic N) is 1. The number of pyridine rings is 1. The van der Waals surface area contributed by atoms with E-state index >= 15 is 0 Å². The topological polar surface area (TPSA) is 40.6 Å². The summed E-state index contributed by atoms with van der Waals surface area (Å²) in [4.78, 5) is 3.51. The molecule has 1 rings (SSSR count). The molecule has 0 N–H and O–H groups in total. The molecule has 15 heavy (non-hydrogen) atoms. The van der Waals surface area contributed by atoms with Crippen molar-refractivity contribution in [2.24, 2.45) is 0 Å². The lowest BCUT2D eigenvalue weighted by Crippen LogP contribution is -2.02. The molecule has 0 amide bonds. The fraction of sp³-hybridized carbons (Fsp3) is 0.500. The van der Waals surface area contributed by atoms with Crippen molar-refractivity contribution in [3.63, 3.8) is 0 Å². The van der Waals surface area contributed by atoms with E-state index in [1.54, 1.807) is 0 Å². The summed E-state index contributed by atoms with van der Waals surface area (Å²) in [7, 11) is 1.51. The van der Waals surface area contributed by atoms with Crippen molar-refractivity contribution in [1.82, 2.24) is 4.98 Å². The third kappa shape index (κ3) is 3.71. The average Bonchev–Trinajstić information content (AvgIpc) is 2.26. The highest BCUT2D eigenvalue weighted by Crippen LogP contribution is 2.21. The minimum Gasteiger partial charge on any atom is -0.489 e. The van der Waals surface area contributed by atoms with Crippen LogP contribution in [0.1, 0.15) is 13.3 Å². The number of aromatic nitrogens is 1. The van der Waals surface area contributed by atoms with Gasteiger partial charge in [0.25, 0.3) is 5.95 Å². The van der Waals surface area contributed by atoms with Crippen LogP contribution in [0.3, 0.4) is 0 Å². The van der Waals surface area contributed by atoms with Gasteiger partial charge < -0.3 is 14.2 Å². The molecule has 0 aliphatic heterocycles. The molecule has 0 bridgehead atoms. The normalized spacial score (nSPS) is 10.1. The van der Waals surface area contributed by atoms with Crippen molar-refractivity contribution >= 4 is 0 Å². The number of ether oxygens (including phenoxy) is 3. The number of methoxy groups -OCH3 is 1. The maximum atomic E-state index is 13.1. The molecule has 0 aromatic carbocycles. The van der Waals surface area contributed by atoms with E-state index in [1.165, 1.54) is 19.4 Å². The van der Waals surface area contributed by atoms with Gasteiger partial charge in [-0.2, -0.15) is 4.39 Å². The zero-order valence-electron chi connectivity index (χ0n) is 8.83. The summed E-state index contributed by atoms with van der Waals surface area (Å²) >= 11 is 0. The van der Waals surface area contributed by atoms with Crippen LogP contribution in [0.5, 0.6) is 11.5 Å². The average molecular weight is 215 g/mol. The first-order chi connectivity index (χ1) is 7.27. The van der Waals surface area contributed by atoms with Crippen LogP contribution in [0, 0.1) is 5.95 Å². The third-order valence-corrected chi connectivity index (χ3v) is 1.59. The Labute approximate surface area is 88.0 Å². The van der Waals surface area contributed by atoms with Crippen LogP contribution in [0.25, 0.3) is 0 Å². The van der Waals surface area contributed by atoms with Gasteiger partial charge in [0, 0.05) is 13.2 Å². The van der Waals surface area contributed by atoms with Crippen molar-refractivity contribution in [1.29, 1.82) is 0 Å². The quantitative estimate of drug-likeness (QED) is 0.537. The standard InChI is InChI=1S/C10H14FNO3/c1-3-4-14-9-5-8(15-7-13-2)6-12-10(9)11/h5-6H,3-4,7H2,1-2H3. The molecular weight excluding hydrogens is 201 g/mol. The zero-order chi connectivity index (χ0) is 11.1. The predicted molar refractivity (Wildman–Crippen MR) is 52.5 cm³/mol. The lowest BCUT2D eigenvalue weighted by Gasteiger charge is -2.08. The van der Waals surface area contributed by atoms with Crippen LogP contribution in [0.4, 0.5) is 4.39 Å². The summed E-state index contributed by atoms with van der Waals surface area (Å²) in [6, 6.07) is 1.46. The minimum absolute atomic E-state index is 0.0977. The summed E-state index contributed by atoms with van der Waals surface area (Å²) in [5.41, 5.74) is 0. The van der Waals surface area contributed by atoms with Crippen LogP contribution in [-0.4, -0.2) is 25.5 Å². The van der Waals surface area contributed by atoms with Gasteiger partial charge in [-0.15, -0.1) is 0 Å². The maximum Gasteiger partial charge on any atom is 0.255 e. The second kappa shape index (κ2) is 6.19. The first kappa shape index (κ1) is 11.7. The number of rotatable bonds is 6. The fourth-order valence-corrected chi connectivity index (χ4v) is 0.929. The summed E-state index contributed by atoms with van der Waals surface area (Å²) < 4.78 is 28.1. The van der Waals surface area contributed by atoms with Crippen LogP contribution in [-0.2, 0) is 4.74 Å². The molecule has 4 nitrogen and oxygen atoms in total. The molecule has 1 aromatic heterocycles. The van der Waals surface area contributed by atoms with E-state index in [-0.39, 0.29) is 12.5 Å². The molecule has 0 saturated carbocycles. The first-order valence-corrected chi connectivity index (χ1v) is 4.68. The Morgan fingerprint density at radius 3 is 2.87 bits per heavy atom. The molecule has 1 heterocycles. The first-order valence-electron chi connectivity index (χ1n) is 4.68. The SMILES string of the molecule is CCCOc1cc(OCOC)cnc1F. The Morgan fingerprint density at radius 2 is 2.20 bits per heavy atom. The Morgan fingerprint density at radius 1 is 1.40 bits per heavy atom. The molecule has 0 saturated heterocycles. The van der Waals surface area contributed by atoms with Gasteiger partial charge in [0.2, 0.25) is 0 Å². The summed E-state index contributed by atoms with van der Waals surface area (Å²) in [5, 5.41) is 0. The molecule has 84 valence electrons. The summed E-state index contributed by atoms with van der Waals surface area (Å²) in [6.07, 6.45) is 2.09. The van der Waals surface area contributed by atoms with Gasteiger partial charge in [0.1, 0.15) is 5.75 Å². The Bertz CT molecular complexity index is 307. The van der Waals surface area contributed by atoms with Gasteiger partial charge in [-0.1, -0.05) is 6.92 Å². The predicted octanol–water partition coefficient (Wildman–Crippen LogP) is 1.99. The van der Waals surface area contributed by atoms with Gasteiger partial charge >= 0.3 is 0 Å². The summed E-state index contributed by atoms with van der Waals surface area (Å²) in [6.45, 7) is 2.49. The van der Waals surface area contributed by atoms with E-state index in [4.69, 9.17) is 14.2 Å². The summed E-state index contributed by atoms with van der Waals surface area (Å²) in [5.74, 6) is -0.108. The van der Waals surface area contributed by atoms with Crippen molar-refractivity contribution in [2.75, 3.05) is 20.5 Å². The van der Waals surface area contributed by atoms with Gasteiger partial charge in [-0.3, -0.25) is 0 Å². The van der Waals surface area contributed by atoms with E-state index in [0.29, 0.717) is 12.4 Å². The molecule has 0 aliphatic rings. The van der Waals surface area contributed by atoms with Crippen LogP contribution >= 0.6 is 0 Å². The zero-order valence-corrected chi connectivity index (χ0v) is 8.83. The largest absolute Gasteiger partial charge is 0.489 e. The molecule has 0 radical (unpaired) electrons. The molecule has 0 aliphatic carbocycles.